The van der Waals surface area contributed by atoms with Crippen molar-refractivity contribution in [3.05, 3.63) is 71.9 Å². The van der Waals surface area contributed by atoms with Gasteiger partial charge in [-0.3, -0.25) is 19.2 Å². The van der Waals surface area contributed by atoms with Gasteiger partial charge in [0.15, 0.2) is 0 Å². The van der Waals surface area contributed by atoms with Gasteiger partial charge in [0.2, 0.25) is 17.7 Å². The first-order valence-corrected chi connectivity index (χ1v) is 14.2. The van der Waals surface area contributed by atoms with E-state index in [4.69, 9.17) is 10.8 Å². The summed E-state index contributed by atoms with van der Waals surface area (Å²) >= 11 is 0. The SMILES string of the molecule is CCC(C)C(NC(=O)C(N)Cc1c[nH]c2ccccc12)C(=O)NC(Cc1ccccc1)C(=O)NC(CCC(=O)O)C(=O)O. The molecule has 0 fully saturated rings. The van der Waals surface area contributed by atoms with Crippen molar-refractivity contribution in [2.75, 3.05) is 0 Å². The molecular formula is C31H39N5O7. The zero-order valence-electron chi connectivity index (χ0n) is 24.2. The molecule has 43 heavy (non-hydrogen) atoms. The predicted octanol–water partition coefficient (Wildman–Crippen LogP) is 1.73. The summed E-state index contributed by atoms with van der Waals surface area (Å²) in [7, 11) is 0. The minimum absolute atomic E-state index is 0.0327. The topological polar surface area (TPSA) is 204 Å². The van der Waals surface area contributed by atoms with Crippen LogP contribution in [0.4, 0.5) is 0 Å². The van der Waals surface area contributed by atoms with Crippen LogP contribution < -0.4 is 21.7 Å². The molecule has 0 saturated heterocycles. The molecule has 0 aliphatic carbocycles. The number of benzene rings is 2. The van der Waals surface area contributed by atoms with Crippen molar-refractivity contribution in [1.82, 2.24) is 20.9 Å². The van der Waals surface area contributed by atoms with Gasteiger partial charge in [0, 0.05) is 29.9 Å². The lowest BCUT2D eigenvalue weighted by Crippen LogP contribution is -2.59. The highest BCUT2D eigenvalue weighted by atomic mass is 16.4. The lowest BCUT2D eigenvalue weighted by atomic mass is 9.96. The molecule has 0 aliphatic rings. The second-order valence-electron chi connectivity index (χ2n) is 10.6. The van der Waals surface area contributed by atoms with Gasteiger partial charge in [-0.05, 0) is 36.0 Å². The van der Waals surface area contributed by atoms with Gasteiger partial charge < -0.3 is 36.9 Å². The lowest BCUT2D eigenvalue weighted by molar-refractivity contribution is -0.143. The average molecular weight is 594 g/mol. The molecule has 3 aromatic rings. The summed E-state index contributed by atoms with van der Waals surface area (Å²) < 4.78 is 0. The fourth-order valence-electron chi connectivity index (χ4n) is 4.71. The number of amides is 3. The van der Waals surface area contributed by atoms with Crippen molar-refractivity contribution >= 4 is 40.6 Å². The third-order valence-electron chi connectivity index (χ3n) is 7.42. The molecule has 3 rings (SSSR count). The van der Waals surface area contributed by atoms with Crippen molar-refractivity contribution in [1.29, 1.82) is 0 Å². The summed E-state index contributed by atoms with van der Waals surface area (Å²) in [5, 5.41) is 27.2. The Kier molecular flexibility index (Phi) is 11.8. The summed E-state index contributed by atoms with van der Waals surface area (Å²) in [6.45, 7) is 3.64. The number of aromatic amines is 1. The Morgan fingerprint density at radius 2 is 1.49 bits per heavy atom. The van der Waals surface area contributed by atoms with Crippen LogP contribution in [0.25, 0.3) is 10.9 Å². The zero-order valence-corrected chi connectivity index (χ0v) is 24.2. The number of nitrogens with one attached hydrogen (secondary N) is 4. The third kappa shape index (κ3) is 9.40. The number of hydrogen-bond donors (Lipinski definition) is 7. The smallest absolute Gasteiger partial charge is 0.326 e. The largest absolute Gasteiger partial charge is 0.481 e. The minimum atomic E-state index is -1.47. The van der Waals surface area contributed by atoms with Gasteiger partial charge in [0.25, 0.3) is 0 Å². The Bertz CT molecular complexity index is 1420. The number of H-pyrrole nitrogens is 1. The maximum atomic E-state index is 13.6. The standard InChI is InChI=1S/C31H39N5O7/c1-3-18(2)27(36-28(39)22(32)16-20-17-33-23-12-8-7-11-21(20)23)30(41)35-25(15-19-9-5-4-6-10-19)29(40)34-24(31(42)43)13-14-26(37)38/h4-12,17-18,22,24-25,27,33H,3,13-16,32H2,1-2H3,(H,34,40)(H,35,41)(H,36,39)(H,37,38)(H,42,43). The molecule has 8 N–H and O–H groups in total. The molecule has 2 aromatic carbocycles. The van der Waals surface area contributed by atoms with Gasteiger partial charge in [0.1, 0.15) is 18.1 Å². The summed E-state index contributed by atoms with van der Waals surface area (Å²) in [5.41, 5.74) is 8.73. The average Bonchev–Trinajstić information content (AvgIpc) is 3.39. The van der Waals surface area contributed by atoms with Crippen molar-refractivity contribution in [2.24, 2.45) is 11.7 Å². The zero-order chi connectivity index (χ0) is 31.5. The van der Waals surface area contributed by atoms with E-state index in [1.165, 1.54) is 0 Å². The van der Waals surface area contributed by atoms with Crippen LogP contribution in [0.15, 0.2) is 60.8 Å². The van der Waals surface area contributed by atoms with Crippen LogP contribution in [-0.2, 0) is 36.8 Å². The summed E-state index contributed by atoms with van der Waals surface area (Å²) in [5.74, 6) is -4.88. The van der Waals surface area contributed by atoms with Crippen LogP contribution in [0.1, 0.15) is 44.2 Å². The molecule has 0 spiro atoms. The number of hydrogen-bond acceptors (Lipinski definition) is 6. The second kappa shape index (κ2) is 15.5. The molecule has 5 unspecified atom stereocenters. The molecular weight excluding hydrogens is 554 g/mol. The maximum Gasteiger partial charge on any atom is 0.326 e. The molecule has 1 heterocycles. The van der Waals surface area contributed by atoms with Crippen molar-refractivity contribution in [3.63, 3.8) is 0 Å². The van der Waals surface area contributed by atoms with E-state index in [1.807, 2.05) is 31.2 Å². The number of para-hydroxylation sites is 1. The number of carbonyl (C=O) groups is 5. The number of aliphatic carboxylic acids is 2. The van der Waals surface area contributed by atoms with Gasteiger partial charge in [-0.15, -0.1) is 0 Å². The van der Waals surface area contributed by atoms with Crippen molar-refractivity contribution in [3.8, 4) is 0 Å². The van der Waals surface area contributed by atoms with E-state index in [9.17, 15) is 29.1 Å². The van der Waals surface area contributed by atoms with Crippen molar-refractivity contribution < 1.29 is 34.2 Å². The molecule has 12 nitrogen and oxygen atoms in total. The number of nitrogens with two attached hydrogens (primary N) is 1. The van der Waals surface area contributed by atoms with Gasteiger partial charge in [-0.1, -0.05) is 68.8 Å². The minimum Gasteiger partial charge on any atom is -0.481 e. The van der Waals surface area contributed by atoms with Crippen LogP contribution >= 0.6 is 0 Å². The Morgan fingerprint density at radius 1 is 0.837 bits per heavy atom. The van der Waals surface area contributed by atoms with E-state index in [0.29, 0.717) is 12.0 Å². The highest BCUT2D eigenvalue weighted by Gasteiger charge is 2.33. The highest BCUT2D eigenvalue weighted by molar-refractivity contribution is 5.94. The summed E-state index contributed by atoms with van der Waals surface area (Å²) in [6, 6.07) is 11.8. The molecule has 230 valence electrons. The maximum absolute atomic E-state index is 13.6. The fraction of sp³-hybridized carbons (Fsp3) is 0.387. The van der Waals surface area contributed by atoms with Gasteiger partial charge in [-0.25, -0.2) is 4.79 Å². The number of aromatic nitrogens is 1. The van der Waals surface area contributed by atoms with E-state index in [-0.39, 0.29) is 25.2 Å². The quantitative estimate of drug-likeness (QED) is 0.130. The van der Waals surface area contributed by atoms with Gasteiger partial charge in [-0.2, -0.15) is 0 Å². The Hall–Kier alpha value is -4.71. The van der Waals surface area contributed by atoms with Crippen LogP contribution in [0.2, 0.25) is 0 Å². The molecule has 0 saturated carbocycles. The van der Waals surface area contributed by atoms with Crippen LogP contribution in [0.5, 0.6) is 0 Å². The van der Waals surface area contributed by atoms with Crippen LogP contribution in [-0.4, -0.2) is 69.0 Å². The summed E-state index contributed by atoms with van der Waals surface area (Å²) in [4.78, 5) is 65.9. The van der Waals surface area contributed by atoms with Gasteiger partial charge in [0.05, 0.1) is 6.04 Å². The number of carboxylic acids is 2. The highest BCUT2D eigenvalue weighted by Crippen LogP contribution is 2.19. The lowest BCUT2D eigenvalue weighted by Gasteiger charge is -2.28. The van der Waals surface area contributed by atoms with E-state index in [1.54, 1.807) is 43.5 Å². The number of rotatable bonds is 16. The van der Waals surface area contributed by atoms with E-state index >= 15 is 0 Å². The number of fused-ring (bicyclic) bond motifs is 1. The fourth-order valence-corrected chi connectivity index (χ4v) is 4.71. The molecule has 0 bridgehead atoms. The molecule has 1 aromatic heterocycles. The van der Waals surface area contributed by atoms with E-state index in [2.05, 4.69) is 20.9 Å². The molecule has 3 amide bonds. The van der Waals surface area contributed by atoms with Gasteiger partial charge >= 0.3 is 11.9 Å². The van der Waals surface area contributed by atoms with E-state index < -0.39 is 60.2 Å². The Balaban J connectivity index is 1.76. The Morgan fingerprint density at radius 3 is 2.14 bits per heavy atom. The van der Waals surface area contributed by atoms with E-state index in [0.717, 1.165) is 16.5 Å². The first kappa shape index (κ1) is 32.8. The molecule has 0 radical (unpaired) electrons. The second-order valence-corrected chi connectivity index (χ2v) is 10.6. The first-order valence-electron chi connectivity index (χ1n) is 14.2. The Labute approximate surface area is 249 Å². The summed E-state index contributed by atoms with van der Waals surface area (Å²) in [6.07, 6.45) is 1.80. The molecule has 0 aliphatic heterocycles. The first-order chi connectivity index (χ1) is 20.5. The predicted molar refractivity (Wildman–Crippen MR) is 160 cm³/mol. The number of carbonyl (C=O) groups excluding carboxylic acids is 3. The van der Waals surface area contributed by atoms with Crippen LogP contribution in [0.3, 0.4) is 0 Å². The number of carboxylic acid groups (broad SMARTS) is 2. The molecule has 12 heteroatoms. The van der Waals surface area contributed by atoms with Crippen molar-refractivity contribution in [2.45, 2.75) is 70.1 Å². The third-order valence-corrected chi connectivity index (χ3v) is 7.42. The normalized spacial score (nSPS) is 14.6. The molecule has 5 atom stereocenters. The van der Waals surface area contributed by atoms with Crippen LogP contribution in [0, 0.1) is 5.92 Å². The monoisotopic (exact) mass is 593 g/mol.